The second-order valence-corrected chi connectivity index (χ2v) is 14.2. The maximum atomic E-state index is 5.09. The first-order valence-corrected chi connectivity index (χ1v) is 17.8. The second-order valence-electron chi connectivity index (χ2n) is 14.2. The van der Waals surface area contributed by atoms with Gasteiger partial charge in [-0.1, -0.05) is 141 Å². The molecule has 1 aliphatic rings. The van der Waals surface area contributed by atoms with Crippen molar-refractivity contribution >= 4 is 21.7 Å². The van der Waals surface area contributed by atoms with Crippen LogP contribution >= 0.6 is 0 Å². The van der Waals surface area contributed by atoms with Gasteiger partial charge in [0, 0.05) is 27.5 Å². The van der Waals surface area contributed by atoms with Crippen LogP contribution in [-0.4, -0.2) is 19.7 Å². The molecular formula is C48H34N4. The van der Waals surface area contributed by atoms with Gasteiger partial charge in [-0.3, -0.25) is 0 Å². The molecule has 246 valence electrons. The molecule has 0 aliphatic heterocycles. The summed E-state index contributed by atoms with van der Waals surface area (Å²) in [4.78, 5) is 10.1. The Kier molecular flexibility index (Phi) is 6.80. The summed E-state index contributed by atoms with van der Waals surface area (Å²) in [6.45, 7) is 4.68. The number of rotatable bonds is 5. The van der Waals surface area contributed by atoms with Crippen molar-refractivity contribution in [2.75, 3.05) is 0 Å². The first-order valence-electron chi connectivity index (χ1n) is 17.8. The molecule has 2 aromatic heterocycles. The van der Waals surface area contributed by atoms with E-state index in [9.17, 15) is 0 Å². The van der Waals surface area contributed by atoms with Gasteiger partial charge in [0.15, 0.2) is 5.82 Å². The van der Waals surface area contributed by atoms with Crippen LogP contribution in [0.3, 0.4) is 0 Å². The lowest BCUT2D eigenvalue weighted by Gasteiger charge is -2.22. The molecule has 2 heterocycles. The molecule has 0 unspecified atom stereocenters. The van der Waals surface area contributed by atoms with Gasteiger partial charge in [-0.05, 0) is 80.6 Å². The monoisotopic (exact) mass is 666 g/mol. The summed E-state index contributed by atoms with van der Waals surface area (Å²) in [6, 6.07) is 57.9. The van der Waals surface area contributed by atoms with Crippen LogP contribution < -0.4 is 0 Å². The summed E-state index contributed by atoms with van der Waals surface area (Å²) in [6.07, 6.45) is 2.05. The summed E-state index contributed by atoms with van der Waals surface area (Å²) in [7, 11) is 0. The molecule has 0 fully saturated rings. The van der Waals surface area contributed by atoms with E-state index in [4.69, 9.17) is 15.1 Å². The van der Waals surface area contributed by atoms with Crippen LogP contribution in [-0.2, 0) is 5.41 Å². The van der Waals surface area contributed by atoms with Crippen LogP contribution in [0.25, 0.3) is 83.5 Å². The van der Waals surface area contributed by atoms with E-state index in [0.717, 1.165) is 44.8 Å². The lowest BCUT2D eigenvalue weighted by atomic mass is 9.81. The van der Waals surface area contributed by atoms with Gasteiger partial charge in [0.05, 0.1) is 28.8 Å². The number of aromatic nitrogens is 4. The fraction of sp³-hybridized carbons (Fsp3) is 0.0625. The quantitative estimate of drug-likeness (QED) is 0.184. The highest BCUT2D eigenvalue weighted by Gasteiger charge is 2.37. The van der Waals surface area contributed by atoms with Crippen LogP contribution in [0, 0.1) is 0 Å². The predicted molar refractivity (Wildman–Crippen MR) is 213 cm³/mol. The molecule has 9 aromatic rings. The Hall–Kier alpha value is -6.65. The highest BCUT2D eigenvalue weighted by molar-refractivity contribution is 5.98. The maximum Gasteiger partial charge on any atom is 0.160 e. The van der Waals surface area contributed by atoms with Crippen molar-refractivity contribution in [3.63, 3.8) is 0 Å². The average molecular weight is 667 g/mol. The Balaban J connectivity index is 1.06. The molecule has 0 spiro atoms. The van der Waals surface area contributed by atoms with Gasteiger partial charge in [0.25, 0.3) is 0 Å². The topological polar surface area (TPSA) is 43.6 Å². The minimum atomic E-state index is -0.176. The van der Waals surface area contributed by atoms with Crippen molar-refractivity contribution in [3.8, 4) is 61.8 Å². The van der Waals surface area contributed by atoms with E-state index in [1.54, 1.807) is 0 Å². The third kappa shape index (κ3) is 4.87. The lowest BCUT2D eigenvalue weighted by Crippen LogP contribution is -2.15. The van der Waals surface area contributed by atoms with Crippen molar-refractivity contribution < 1.29 is 0 Å². The van der Waals surface area contributed by atoms with Gasteiger partial charge in [-0.15, -0.1) is 0 Å². The number of hydrogen-bond acceptors (Lipinski definition) is 3. The Labute approximate surface area is 302 Å². The van der Waals surface area contributed by atoms with Crippen molar-refractivity contribution in [2.24, 2.45) is 0 Å². The molecule has 0 saturated carbocycles. The molecule has 0 atom stereocenters. The molecule has 10 rings (SSSR count). The van der Waals surface area contributed by atoms with Crippen LogP contribution in [0.2, 0.25) is 0 Å². The molecule has 0 bridgehead atoms. The van der Waals surface area contributed by atoms with Gasteiger partial charge in [-0.25, -0.2) is 14.6 Å². The molecule has 4 nitrogen and oxygen atoms in total. The van der Waals surface area contributed by atoms with Crippen LogP contribution in [0.15, 0.2) is 170 Å². The minimum Gasteiger partial charge on any atom is -0.233 e. The van der Waals surface area contributed by atoms with Gasteiger partial charge in [-0.2, -0.15) is 5.10 Å². The maximum absolute atomic E-state index is 5.09. The summed E-state index contributed by atoms with van der Waals surface area (Å²) >= 11 is 0. The third-order valence-electron chi connectivity index (χ3n) is 10.7. The summed E-state index contributed by atoms with van der Waals surface area (Å²) in [5.74, 6) is 0.717. The van der Waals surface area contributed by atoms with Crippen molar-refractivity contribution in [3.05, 3.63) is 181 Å². The molecular weight excluding hydrogens is 633 g/mol. The zero-order valence-electron chi connectivity index (χ0n) is 29.0. The third-order valence-corrected chi connectivity index (χ3v) is 10.7. The van der Waals surface area contributed by atoms with Gasteiger partial charge < -0.3 is 0 Å². The molecule has 0 radical (unpaired) electrons. The van der Waals surface area contributed by atoms with Gasteiger partial charge >= 0.3 is 0 Å². The number of benzene rings is 7. The zero-order valence-corrected chi connectivity index (χ0v) is 29.0. The molecule has 4 heteroatoms. The van der Waals surface area contributed by atoms with E-state index in [1.165, 1.54) is 44.0 Å². The normalized spacial score (nSPS) is 13.0. The Morgan fingerprint density at radius 3 is 1.96 bits per heavy atom. The molecule has 7 aromatic carbocycles. The Morgan fingerprint density at radius 2 is 1.15 bits per heavy atom. The SMILES string of the molecule is CC1(C)c2ccc(-c3cccc(-c4cc(-c5ccccc5)nc(-c5ccccc5)n4)c3)cc2-c2ccc3c(cnn3-c3ccc4ccccc4c3)c21. The zero-order chi connectivity index (χ0) is 34.8. The van der Waals surface area contributed by atoms with Crippen LogP contribution in [0.5, 0.6) is 0 Å². The Bertz CT molecular complexity index is 2760. The fourth-order valence-electron chi connectivity index (χ4n) is 8.07. The van der Waals surface area contributed by atoms with E-state index in [0.29, 0.717) is 5.82 Å². The van der Waals surface area contributed by atoms with E-state index >= 15 is 0 Å². The predicted octanol–water partition coefficient (Wildman–Crippen LogP) is 11.9. The van der Waals surface area contributed by atoms with Crippen LogP contribution in [0.4, 0.5) is 0 Å². The summed E-state index contributed by atoms with van der Waals surface area (Å²) in [5, 5.41) is 8.58. The first kappa shape index (κ1) is 30.2. The van der Waals surface area contributed by atoms with E-state index in [2.05, 4.69) is 164 Å². The van der Waals surface area contributed by atoms with Crippen molar-refractivity contribution in [1.29, 1.82) is 0 Å². The molecule has 0 N–H and O–H groups in total. The highest BCUT2D eigenvalue weighted by Crippen LogP contribution is 2.52. The van der Waals surface area contributed by atoms with Crippen molar-refractivity contribution in [2.45, 2.75) is 19.3 Å². The highest BCUT2D eigenvalue weighted by atomic mass is 15.3. The van der Waals surface area contributed by atoms with Gasteiger partial charge in [0.1, 0.15) is 0 Å². The summed E-state index contributed by atoms with van der Waals surface area (Å²) < 4.78 is 2.08. The second kappa shape index (κ2) is 11.7. The van der Waals surface area contributed by atoms with Crippen molar-refractivity contribution in [1.82, 2.24) is 19.7 Å². The number of nitrogens with zero attached hydrogens (tertiary/aromatic N) is 4. The Morgan fingerprint density at radius 1 is 0.481 bits per heavy atom. The fourth-order valence-corrected chi connectivity index (χ4v) is 8.07. The smallest absolute Gasteiger partial charge is 0.160 e. The first-order chi connectivity index (χ1) is 25.5. The molecule has 0 saturated heterocycles. The van der Waals surface area contributed by atoms with E-state index in [1.807, 2.05) is 24.3 Å². The van der Waals surface area contributed by atoms with Crippen LogP contribution in [0.1, 0.15) is 25.0 Å². The van der Waals surface area contributed by atoms with E-state index < -0.39 is 0 Å². The molecule has 0 amide bonds. The molecule has 1 aliphatic carbocycles. The lowest BCUT2D eigenvalue weighted by molar-refractivity contribution is 0.666. The van der Waals surface area contributed by atoms with Gasteiger partial charge in [0.2, 0.25) is 0 Å². The average Bonchev–Trinajstić information content (AvgIpc) is 3.74. The van der Waals surface area contributed by atoms with E-state index in [-0.39, 0.29) is 5.41 Å². The largest absolute Gasteiger partial charge is 0.233 e. The number of hydrogen-bond donors (Lipinski definition) is 0. The number of fused-ring (bicyclic) bond motifs is 6. The minimum absolute atomic E-state index is 0.176. The standard InChI is InChI=1S/C48H34N4/c1-48(2)42-24-21-36(28-40(42)39-23-25-45-41(46(39)48)30-49-52(45)38-22-20-31-12-9-10-17-35(31)27-38)34-18-11-19-37(26-34)44-29-43(32-13-5-3-6-14-32)50-47(51-44)33-15-7-4-8-16-33/h3-30H,1-2H3. The summed E-state index contributed by atoms with van der Waals surface area (Å²) in [5.41, 5.74) is 14.5. The molecule has 52 heavy (non-hydrogen) atoms.